The van der Waals surface area contributed by atoms with E-state index >= 15 is 0 Å². The van der Waals surface area contributed by atoms with Gasteiger partial charge in [0.05, 0.1) is 13.1 Å². The lowest BCUT2D eigenvalue weighted by Crippen LogP contribution is -3.00. The second kappa shape index (κ2) is 13.4. The second-order valence-corrected chi connectivity index (χ2v) is 10.4. The number of alkyl carbamates (subject to hydrolysis) is 1. The van der Waals surface area contributed by atoms with Crippen molar-refractivity contribution < 1.29 is 38.1 Å². The molecule has 0 saturated carbocycles. The van der Waals surface area contributed by atoms with Crippen LogP contribution >= 0.6 is 12.4 Å². The Balaban J connectivity index is 0.00000185. The number of carbonyl (C=O) groups excluding carboxylic acids is 1. The van der Waals surface area contributed by atoms with Crippen LogP contribution in [0.3, 0.4) is 0 Å². The molecule has 1 saturated heterocycles. The summed E-state index contributed by atoms with van der Waals surface area (Å²) in [4.78, 5) is 12.9. The van der Waals surface area contributed by atoms with E-state index in [0.717, 1.165) is 32.0 Å². The first-order chi connectivity index (χ1) is 18.7. The van der Waals surface area contributed by atoms with Crippen LogP contribution in [0.25, 0.3) is 22.2 Å². The minimum Gasteiger partial charge on any atom is -1.00 e. The topological polar surface area (TPSA) is 59.2 Å². The van der Waals surface area contributed by atoms with Crippen LogP contribution in [0.5, 0.6) is 0 Å². The number of nitrogens with zero attached hydrogens (tertiary/aromatic N) is 2. The number of hydrogen-bond acceptors (Lipinski definition) is 3. The van der Waals surface area contributed by atoms with Gasteiger partial charge >= 0.3 is 6.09 Å². The van der Waals surface area contributed by atoms with Crippen LogP contribution < -0.4 is 39.2 Å². The van der Waals surface area contributed by atoms with Gasteiger partial charge < -0.3 is 39.3 Å². The summed E-state index contributed by atoms with van der Waals surface area (Å²) in [6.45, 7) is 8.95. The monoisotopic (exact) mass is 672 g/mol. The molecule has 0 unspecified atom stereocenters. The Morgan fingerprint density at radius 1 is 1.00 bits per heavy atom. The summed E-state index contributed by atoms with van der Waals surface area (Å²) in [5.74, 6) is 1.77. The van der Waals surface area contributed by atoms with E-state index in [0.29, 0.717) is 19.1 Å². The highest BCUT2D eigenvalue weighted by Crippen LogP contribution is 2.44. The highest BCUT2D eigenvalue weighted by molar-refractivity contribution is 5.85. The van der Waals surface area contributed by atoms with Crippen LogP contribution in [-0.2, 0) is 24.4 Å². The summed E-state index contributed by atoms with van der Waals surface area (Å²) in [6, 6.07) is 23.8. The molecule has 2 N–H and O–H groups in total. The maximum atomic E-state index is 12.9. The number of ether oxygens (including phenoxy) is 1. The maximum absolute atomic E-state index is 12.9. The van der Waals surface area contributed by atoms with Crippen molar-refractivity contribution >= 4 is 29.5 Å². The van der Waals surface area contributed by atoms with E-state index in [4.69, 9.17) is 4.74 Å². The Labute approximate surface area is 259 Å². The SMILES string of the molecule is CCn1c(CNC(=O)OCC2c3ccccc3-c3ccccc32)[n+](CC)c2ccc(C3CCNCC3)cc21.Cl.[I-]. The molecule has 3 aromatic carbocycles. The number of amides is 1. The lowest BCUT2D eigenvalue weighted by Gasteiger charge is -2.22. The van der Waals surface area contributed by atoms with Gasteiger partial charge in [0.2, 0.25) is 0 Å². The quantitative estimate of drug-likeness (QED) is 0.235. The van der Waals surface area contributed by atoms with E-state index in [9.17, 15) is 4.79 Å². The van der Waals surface area contributed by atoms with E-state index in [1.54, 1.807) is 0 Å². The molecule has 1 aliphatic carbocycles. The average Bonchev–Trinajstić information content (AvgIpc) is 3.46. The minimum absolute atomic E-state index is 0. The predicted octanol–water partition coefficient (Wildman–Crippen LogP) is 2.90. The first-order valence-electron chi connectivity index (χ1n) is 14.0. The van der Waals surface area contributed by atoms with Gasteiger partial charge in [-0.15, -0.1) is 12.4 Å². The smallest absolute Gasteiger partial charge is 0.407 e. The van der Waals surface area contributed by atoms with E-state index in [2.05, 4.69) is 100 Å². The molecular weight excluding hydrogens is 635 g/mol. The minimum atomic E-state index is -0.377. The van der Waals surface area contributed by atoms with Gasteiger partial charge in [-0.2, -0.15) is 0 Å². The largest absolute Gasteiger partial charge is 1.00 e. The molecule has 6 nitrogen and oxygen atoms in total. The third-order valence-electron chi connectivity index (χ3n) is 8.38. The van der Waals surface area contributed by atoms with Crippen LogP contribution in [0.2, 0.25) is 0 Å². The van der Waals surface area contributed by atoms with Crippen molar-refractivity contribution in [2.45, 2.75) is 58.2 Å². The first kappa shape index (κ1) is 30.3. The molecule has 4 aromatic rings. The van der Waals surface area contributed by atoms with Crippen molar-refractivity contribution in [1.82, 2.24) is 15.2 Å². The van der Waals surface area contributed by atoms with Crippen molar-refractivity contribution in [3.05, 3.63) is 89.2 Å². The highest BCUT2D eigenvalue weighted by Gasteiger charge is 2.30. The third kappa shape index (κ3) is 5.60. The zero-order valence-corrected chi connectivity index (χ0v) is 26.1. The molecule has 1 aliphatic heterocycles. The van der Waals surface area contributed by atoms with Crippen LogP contribution in [0.1, 0.15) is 61.0 Å². The Morgan fingerprint density at radius 2 is 1.65 bits per heavy atom. The van der Waals surface area contributed by atoms with E-state index in [1.165, 1.54) is 51.7 Å². The molecule has 0 spiro atoms. The number of fused-ring (bicyclic) bond motifs is 4. The summed E-state index contributed by atoms with van der Waals surface area (Å²) in [7, 11) is 0. The van der Waals surface area contributed by atoms with Gasteiger partial charge in [0, 0.05) is 5.92 Å². The van der Waals surface area contributed by atoms with Crippen LogP contribution in [0.15, 0.2) is 66.7 Å². The molecule has 6 rings (SSSR count). The molecule has 2 aliphatic rings. The zero-order valence-electron chi connectivity index (χ0n) is 23.2. The lowest BCUT2D eigenvalue weighted by atomic mass is 9.90. The number of nitrogens with one attached hydrogen (secondary N) is 2. The number of aromatic nitrogens is 2. The number of carbonyl (C=O) groups is 1. The van der Waals surface area contributed by atoms with E-state index < -0.39 is 0 Å². The van der Waals surface area contributed by atoms with Gasteiger partial charge in [0.15, 0.2) is 11.0 Å². The number of rotatable bonds is 7. The molecule has 0 bridgehead atoms. The van der Waals surface area contributed by atoms with Crippen molar-refractivity contribution in [1.29, 1.82) is 0 Å². The van der Waals surface area contributed by atoms with Gasteiger partial charge in [-0.25, -0.2) is 13.9 Å². The average molecular weight is 673 g/mol. The fourth-order valence-electron chi connectivity index (χ4n) is 6.52. The predicted molar refractivity (Wildman–Crippen MR) is 157 cm³/mol. The molecule has 0 atom stereocenters. The number of halogens is 2. The van der Waals surface area contributed by atoms with Crippen molar-refractivity contribution in [2.75, 3.05) is 19.7 Å². The normalized spacial score (nSPS) is 14.7. The molecular formula is C32H38ClIN4O2. The first-order valence-corrected chi connectivity index (χ1v) is 14.0. The van der Waals surface area contributed by atoms with Crippen LogP contribution in [-0.4, -0.2) is 30.4 Å². The second-order valence-electron chi connectivity index (χ2n) is 10.4. The summed E-state index contributed by atoms with van der Waals surface area (Å²) in [5, 5.41) is 6.52. The van der Waals surface area contributed by atoms with Crippen molar-refractivity contribution in [3.8, 4) is 11.1 Å². The molecule has 2 heterocycles. The molecule has 1 fully saturated rings. The van der Waals surface area contributed by atoms with Gasteiger partial charge in [-0.05, 0) is 85.6 Å². The molecule has 212 valence electrons. The van der Waals surface area contributed by atoms with Crippen LogP contribution in [0.4, 0.5) is 4.79 Å². The zero-order chi connectivity index (χ0) is 26.1. The fourth-order valence-corrected chi connectivity index (χ4v) is 6.52. The Bertz CT molecular complexity index is 1440. The summed E-state index contributed by atoms with van der Waals surface area (Å²) >= 11 is 0. The Kier molecular flexibility index (Phi) is 10.1. The molecule has 1 amide bonds. The number of aryl methyl sites for hydroxylation is 2. The van der Waals surface area contributed by atoms with Gasteiger partial charge in [-0.1, -0.05) is 54.6 Å². The Morgan fingerprint density at radius 3 is 2.27 bits per heavy atom. The molecule has 8 heteroatoms. The highest BCUT2D eigenvalue weighted by atomic mass is 127. The third-order valence-corrected chi connectivity index (χ3v) is 8.38. The van der Waals surface area contributed by atoms with Gasteiger partial charge in [0.25, 0.3) is 5.82 Å². The van der Waals surface area contributed by atoms with Crippen LogP contribution in [0, 0.1) is 0 Å². The molecule has 0 radical (unpaired) electrons. The van der Waals surface area contributed by atoms with Crippen molar-refractivity contribution in [2.24, 2.45) is 0 Å². The van der Waals surface area contributed by atoms with Gasteiger partial charge in [-0.3, -0.25) is 0 Å². The van der Waals surface area contributed by atoms with Crippen molar-refractivity contribution in [3.63, 3.8) is 0 Å². The standard InChI is InChI=1S/C32H36N4O2.ClH.HI/c1-3-35-29-14-13-23(22-15-17-33-18-16-22)19-30(29)36(4-2)31(35)20-34-32(37)38-21-28-26-11-7-5-9-24(26)25-10-6-8-12-27(25)28;;/h5-14,19,22,28,33H,3-4,15-18,20-21H2,1-2H3;2*1H. The summed E-state index contributed by atoms with van der Waals surface area (Å²) < 4.78 is 10.5. The maximum Gasteiger partial charge on any atom is 0.407 e. The number of imidazole rings is 1. The molecule has 40 heavy (non-hydrogen) atoms. The van der Waals surface area contributed by atoms with Gasteiger partial charge in [0.1, 0.15) is 13.2 Å². The van der Waals surface area contributed by atoms with E-state index in [-0.39, 0.29) is 48.4 Å². The number of benzene rings is 3. The lowest BCUT2D eigenvalue weighted by molar-refractivity contribution is -0.676. The fraction of sp³-hybridized carbons (Fsp3) is 0.375. The summed E-state index contributed by atoms with van der Waals surface area (Å²) in [6.07, 6.45) is 1.99. The Hall–Kier alpha value is -2.62. The number of hydrogen-bond donors (Lipinski definition) is 2. The number of piperidine rings is 1. The molecule has 1 aromatic heterocycles. The van der Waals surface area contributed by atoms with E-state index in [1.807, 2.05) is 0 Å². The summed E-state index contributed by atoms with van der Waals surface area (Å²) in [5.41, 5.74) is 8.80.